The molecule has 4 atom stereocenters. The number of nitrogens with one attached hydrogen (secondary N) is 1. The second kappa shape index (κ2) is 7.91. The number of hydrogen-bond acceptors (Lipinski definition) is 8. The van der Waals surface area contributed by atoms with E-state index in [0.29, 0.717) is 0 Å². The van der Waals surface area contributed by atoms with Gasteiger partial charge < -0.3 is 19.5 Å². The maximum atomic E-state index is 11.1. The predicted molar refractivity (Wildman–Crippen MR) is 66.8 cm³/mol. The van der Waals surface area contributed by atoms with Gasteiger partial charge in [0.2, 0.25) is 12.2 Å². The molecule has 2 N–H and O–H groups in total. The summed E-state index contributed by atoms with van der Waals surface area (Å²) in [5.74, 6) is -1.42. The zero-order valence-electron chi connectivity index (χ0n) is 12.0. The summed E-state index contributed by atoms with van der Waals surface area (Å²) < 4.78 is 15.3. The average Bonchev–Trinajstić information content (AvgIpc) is 2.36. The van der Waals surface area contributed by atoms with E-state index in [1.54, 1.807) is 0 Å². The lowest BCUT2D eigenvalue weighted by atomic mass is 10.0. The third-order valence-electron chi connectivity index (χ3n) is 2.80. The molecule has 1 saturated heterocycles. The molecule has 2 unspecified atom stereocenters. The van der Waals surface area contributed by atoms with Crippen molar-refractivity contribution >= 4 is 17.8 Å². The largest absolute Gasteiger partial charge is 0.463 e. The number of carbonyl (C=O) groups excluding carboxylic acids is 3. The van der Waals surface area contributed by atoms with Gasteiger partial charge in [-0.05, 0) is 0 Å². The van der Waals surface area contributed by atoms with Crippen molar-refractivity contribution in [1.82, 2.24) is 5.32 Å². The number of amides is 1. The first-order valence-electron chi connectivity index (χ1n) is 6.36. The smallest absolute Gasteiger partial charge is 0.302 e. The first kappa shape index (κ1) is 17.3. The molecule has 0 bridgehead atoms. The van der Waals surface area contributed by atoms with Crippen LogP contribution in [0, 0.1) is 0 Å². The number of ether oxygens (including phenoxy) is 3. The Hall–Kier alpha value is -1.71. The van der Waals surface area contributed by atoms with E-state index in [2.05, 4.69) is 10.2 Å². The van der Waals surface area contributed by atoms with E-state index in [1.165, 1.54) is 20.8 Å². The number of rotatable bonds is 5. The minimum atomic E-state index is -1.15. The van der Waals surface area contributed by atoms with Gasteiger partial charge in [-0.1, -0.05) is 0 Å². The van der Waals surface area contributed by atoms with Gasteiger partial charge in [0.25, 0.3) is 0 Å². The van der Waals surface area contributed by atoms with Crippen LogP contribution >= 0.6 is 0 Å². The van der Waals surface area contributed by atoms with Crippen LogP contribution in [0.1, 0.15) is 27.2 Å². The lowest BCUT2D eigenvalue weighted by Gasteiger charge is -2.38. The molecular formula is C12H19NO8. The van der Waals surface area contributed by atoms with Gasteiger partial charge in [0, 0.05) is 27.2 Å². The fourth-order valence-electron chi connectivity index (χ4n) is 2.04. The molecule has 0 aromatic heterocycles. The molecule has 9 heteroatoms. The van der Waals surface area contributed by atoms with Crippen molar-refractivity contribution in [3.05, 3.63) is 0 Å². The number of esters is 2. The summed E-state index contributed by atoms with van der Waals surface area (Å²) in [6, 6.07) is -0.703. The van der Waals surface area contributed by atoms with Crippen LogP contribution < -0.4 is 5.32 Å². The van der Waals surface area contributed by atoms with Crippen LogP contribution in [-0.4, -0.2) is 54.2 Å². The Morgan fingerprint density at radius 1 is 1.24 bits per heavy atom. The lowest BCUT2D eigenvalue weighted by Crippen LogP contribution is -2.56. The second-order valence-corrected chi connectivity index (χ2v) is 4.64. The van der Waals surface area contributed by atoms with Crippen molar-refractivity contribution in [1.29, 1.82) is 0 Å². The van der Waals surface area contributed by atoms with Crippen molar-refractivity contribution in [3.8, 4) is 0 Å². The van der Waals surface area contributed by atoms with Crippen LogP contribution in [0.4, 0.5) is 0 Å². The Kier molecular flexibility index (Phi) is 6.53. The molecule has 1 heterocycles. The predicted octanol–water partition coefficient (Wildman–Crippen LogP) is -0.409. The molecule has 0 radical (unpaired) electrons. The number of carbonyl (C=O) groups is 3. The van der Waals surface area contributed by atoms with E-state index < -0.39 is 36.5 Å². The highest BCUT2D eigenvalue weighted by molar-refractivity contribution is 5.73. The molecule has 1 rings (SSSR count). The van der Waals surface area contributed by atoms with Gasteiger partial charge in [0.1, 0.15) is 18.8 Å². The van der Waals surface area contributed by atoms with Crippen LogP contribution in [0.5, 0.6) is 0 Å². The third kappa shape index (κ3) is 5.66. The highest BCUT2D eigenvalue weighted by Crippen LogP contribution is 2.24. The summed E-state index contributed by atoms with van der Waals surface area (Å²) in [7, 11) is 0. The molecule has 21 heavy (non-hydrogen) atoms. The lowest BCUT2D eigenvalue weighted by molar-refractivity contribution is -0.377. The average molecular weight is 305 g/mol. The maximum Gasteiger partial charge on any atom is 0.302 e. The summed E-state index contributed by atoms with van der Waals surface area (Å²) in [5.41, 5.74) is 0. The first-order valence-corrected chi connectivity index (χ1v) is 6.36. The normalized spacial score (nSPS) is 28.6. The Morgan fingerprint density at radius 2 is 1.90 bits per heavy atom. The minimum absolute atomic E-state index is 0.149. The molecule has 120 valence electrons. The van der Waals surface area contributed by atoms with Crippen molar-refractivity contribution in [3.63, 3.8) is 0 Å². The Bertz CT molecular complexity index is 399. The van der Waals surface area contributed by atoms with Gasteiger partial charge in [0.15, 0.2) is 0 Å². The zero-order valence-corrected chi connectivity index (χ0v) is 12.0. The third-order valence-corrected chi connectivity index (χ3v) is 2.80. The highest BCUT2D eigenvalue weighted by Gasteiger charge is 2.41. The summed E-state index contributed by atoms with van der Waals surface area (Å²) in [6.07, 6.45) is -2.55. The van der Waals surface area contributed by atoms with Crippen LogP contribution in [0.15, 0.2) is 0 Å². The fourth-order valence-corrected chi connectivity index (χ4v) is 2.04. The van der Waals surface area contributed by atoms with E-state index >= 15 is 0 Å². The molecule has 0 aliphatic carbocycles. The standard InChI is InChI=1S/C12H19NO8/c1-6(14)13-9-4-10(19-8(3)16)11(5-18-7(2)15)20-12(9)21-17/h9-12,17H,4-5H2,1-3H3,(H,13,14)/t9?,10-,11?,12+/m1/s1. The summed E-state index contributed by atoms with van der Waals surface area (Å²) in [5, 5.41) is 11.4. The molecule has 1 fully saturated rings. The number of hydrogen-bond donors (Lipinski definition) is 2. The van der Waals surface area contributed by atoms with Crippen molar-refractivity contribution in [2.24, 2.45) is 0 Å². The molecule has 0 aromatic carbocycles. The van der Waals surface area contributed by atoms with Crippen molar-refractivity contribution < 1.29 is 38.7 Å². The Morgan fingerprint density at radius 3 is 2.38 bits per heavy atom. The van der Waals surface area contributed by atoms with Gasteiger partial charge >= 0.3 is 11.9 Å². The van der Waals surface area contributed by atoms with Gasteiger partial charge in [0.05, 0.1) is 6.04 Å². The van der Waals surface area contributed by atoms with Gasteiger partial charge in [-0.3, -0.25) is 14.4 Å². The molecule has 0 aromatic rings. The monoisotopic (exact) mass is 305 g/mol. The van der Waals surface area contributed by atoms with Gasteiger partial charge in [-0.15, -0.1) is 0 Å². The van der Waals surface area contributed by atoms with E-state index in [9.17, 15) is 14.4 Å². The van der Waals surface area contributed by atoms with Gasteiger partial charge in [-0.2, -0.15) is 0 Å². The minimum Gasteiger partial charge on any atom is -0.463 e. The Labute approximate surface area is 121 Å². The van der Waals surface area contributed by atoms with Gasteiger partial charge in [-0.25, -0.2) is 10.1 Å². The van der Waals surface area contributed by atoms with E-state index in [1.807, 2.05) is 0 Å². The van der Waals surface area contributed by atoms with E-state index in [-0.39, 0.29) is 18.9 Å². The quantitative estimate of drug-likeness (QED) is 0.399. The summed E-state index contributed by atoms with van der Waals surface area (Å²) in [6.45, 7) is 3.58. The van der Waals surface area contributed by atoms with E-state index in [4.69, 9.17) is 19.5 Å². The van der Waals surface area contributed by atoms with Crippen molar-refractivity contribution in [2.45, 2.75) is 51.7 Å². The molecule has 1 aliphatic rings. The molecule has 0 spiro atoms. The highest BCUT2D eigenvalue weighted by atomic mass is 17.1. The summed E-state index contributed by atoms with van der Waals surface area (Å²) in [4.78, 5) is 37.3. The SMILES string of the molecule is CC(=O)NC1C[C@@H](OC(C)=O)C(COC(C)=O)O[C@H]1OO. The fraction of sp³-hybridized carbons (Fsp3) is 0.750. The Balaban J connectivity index is 2.78. The zero-order chi connectivity index (χ0) is 16.0. The van der Waals surface area contributed by atoms with Crippen LogP contribution in [-0.2, 0) is 33.5 Å². The van der Waals surface area contributed by atoms with Crippen LogP contribution in [0.3, 0.4) is 0 Å². The van der Waals surface area contributed by atoms with Crippen molar-refractivity contribution in [2.75, 3.05) is 6.61 Å². The summed E-state index contributed by atoms with van der Waals surface area (Å²) >= 11 is 0. The molecule has 1 amide bonds. The maximum absolute atomic E-state index is 11.1. The van der Waals surface area contributed by atoms with Crippen LogP contribution in [0.2, 0.25) is 0 Å². The van der Waals surface area contributed by atoms with Crippen LogP contribution in [0.25, 0.3) is 0 Å². The van der Waals surface area contributed by atoms with E-state index in [0.717, 1.165) is 0 Å². The molecule has 0 saturated carbocycles. The molecular weight excluding hydrogens is 286 g/mol. The topological polar surface area (TPSA) is 120 Å². The second-order valence-electron chi connectivity index (χ2n) is 4.64. The first-order chi connectivity index (χ1) is 9.83. The molecule has 1 aliphatic heterocycles. The molecule has 9 nitrogen and oxygen atoms in total.